The highest BCUT2D eigenvalue weighted by Gasteiger charge is 2.29. The van der Waals surface area contributed by atoms with E-state index in [0.717, 1.165) is 0 Å². The summed E-state index contributed by atoms with van der Waals surface area (Å²) in [6.07, 6.45) is 0.735. The number of aromatic hydroxyl groups is 2. The van der Waals surface area contributed by atoms with Crippen LogP contribution in [-0.2, 0) is 28.7 Å². The van der Waals surface area contributed by atoms with Crippen LogP contribution in [0.1, 0.15) is 75.7 Å². The first-order valence-electron chi connectivity index (χ1n) is 17.6. The fraction of sp³-hybridized carbons (Fsp3) is 0.419. The van der Waals surface area contributed by atoms with Gasteiger partial charge in [0.2, 0.25) is 0 Å². The number of ketones is 2. The minimum Gasteiger partial charge on any atom is -0.507 e. The molecule has 57 heavy (non-hydrogen) atoms. The summed E-state index contributed by atoms with van der Waals surface area (Å²) in [7, 11) is 1.55. The van der Waals surface area contributed by atoms with Crippen LogP contribution >= 0.6 is 0 Å². The molecule has 308 valence electrons. The average Bonchev–Trinajstić information content (AvgIpc) is 3.16. The molecule has 1 heterocycles. The van der Waals surface area contributed by atoms with E-state index in [1.807, 2.05) is 0 Å². The number of phenolic OH excluding ortho intramolecular Hbond substituents is 2. The number of esters is 2. The number of hydrogen-bond donors (Lipinski definition) is 2. The highest BCUT2D eigenvalue weighted by atomic mass is 16.6. The third-order valence-electron chi connectivity index (χ3n) is 9.14. The second-order valence-electron chi connectivity index (χ2n) is 13.0. The second kappa shape index (κ2) is 21.3. The zero-order valence-electron chi connectivity index (χ0n) is 30.7. The Kier molecular flexibility index (Phi) is 17.6. The number of rotatable bonds is 15. The van der Waals surface area contributed by atoms with Gasteiger partial charge in [0.05, 0.1) is 24.2 Å². The number of carbonyl (C=O) groups excluding carboxylic acids is 4. The number of hydrogen-bond acceptors (Lipinski definition) is 14. The molecule has 2 unspecified atom stereocenters. The van der Waals surface area contributed by atoms with Gasteiger partial charge in [-0.25, -0.2) is 19.7 Å². The van der Waals surface area contributed by atoms with E-state index in [1.165, 1.54) is 38.1 Å². The number of Topliss-reactive ketones (excluding diaryl/α,β-unsaturated/α-hetero) is 2. The average molecular weight is 790 g/mol. The van der Waals surface area contributed by atoms with Crippen LogP contribution in [0.15, 0.2) is 60.7 Å². The van der Waals surface area contributed by atoms with Crippen molar-refractivity contribution in [2.75, 3.05) is 20.3 Å². The maximum Gasteiger partial charge on any atom is 0.347 e. The van der Waals surface area contributed by atoms with Gasteiger partial charge in [-0.05, 0) is 102 Å². The standard InChI is InChI=1S/C40H43N3O11.3CH4/c1-22(44)24(3)53-30-14-16-32(34(46)20-30)37-41-36(27-10-12-29(50-5)13-11-27)42-38(43-37)33-17-15-31(21-35(33)47)54-25(4)39(48)51-18-19-52-40(49)28-8-6-26(7-9-28)23(2)45;;;/h10-17,20-21,24-26,28,46-47H,6-9,18-19H2,1-5H3;3*1H4. The monoisotopic (exact) mass is 789 g/mol. The van der Waals surface area contributed by atoms with Crippen LogP contribution in [0.25, 0.3) is 34.2 Å². The molecule has 1 aliphatic rings. The largest absolute Gasteiger partial charge is 0.507 e. The predicted octanol–water partition coefficient (Wildman–Crippen LogP) is 7.81. The maximum atomic E-state index is 12.6. The summed E-state index contributed by atoms with van der Waals surface area (Å²) < 4.78 is 27.1. The molecule has 14 nitrogen and oxygen atoms in total. The zero-order valence-corrected chi connectivity index (χ0v) is 30.7. The molecule has 5 rings (SSSR count). The van der Waals surface area contributed by atoms with Gasteiger partial charge in [-0.3, -0.25) is 14.4 Å². The van der Waals surface area contributed by atoms with Gasteiger partial charge in [0.1, 0.15) is 47.7 Å². The molecule has 2 N–H and O–H groups in total. The summed E-state index contributed by atoms with van der Waals surface area (Å²) >= 11 is 0. The SMILES string of the molecule is C.C.C.COc1ccc(-c2nc(-c3ccc(OC(C)C(C)=O)cc3O)nc(-c3ccc(OC(C)C(=O)OCCOC(=O)C4CCC(C(C)=O)CC4)cc3O)n2)cc1. The molecule has 0 spiro atoms. The van der Waals surface area contributed by atoms with Crippen LogP contribution in [0.2, 0.25) is 0 Å². The highest BCUT2D eigenvalue weighted by Crippen LogP contribution is 2.36. The molecule has 4 aromatic rings. The number of methoxy groups -OCH3 is 1. The first kappa shape index (κ1) is 47.1. The lowest BCUT2D eigenvalue weighted by Crippen LogP contribution is -2.29. The predicted molar refractivity (Wildman–Crippen MR) is 215 cm³/mol. The van der Waals surface area contributed by atoms with Crippen molar-refractivity contribution < 1.29 is 53.1 Å². The van der Waals surface area contributed by atoms with E-state index in [0.29, 0.717) is 37.0 Å². The molecule has 0 radical (unpaired) electrons. The zero-order chi connectivity index (χ0) is 38.9. The van der Waals surface area contributed by atoms with E-state index in [1.54, 1.807) is 57.4 Å². The van der Waals surface area contributed by atoms with Crippen molar-refractivity contribution in [3.8, 4) is 62.9 Å². The molecule has 1 aromatic heterocycles. The Morgan fingerprint density at radius 1 is 0.649 bits per heavy atom. The lowest BCUT2D eigenvalue weighted by molar-refractivity contribution is -0.159. The van der Waals surface area contributed by atoms with Crippen LogP contribution < -0.4 is 14.2 Å². The first-order chi connectivity index (χ1) is 25.8. The Hall–Kier alpha value is -6.05. The molecular weight excluding hydrogens is 734 g/mol. The van der Waals surface area contributed by atoms with Crippen molar-refractivity contribution in [2.24, 2.45) is 11.8 Å². The van der Waals surface area contributed by atoms with Crippen LogP contribution in [-0.4, -0.2) is 81.2 Å². The van der Waals surface area contributed by atoms with E-state index in [9.17, 15) is 29.4 Å². The first-order valence-corrected chi connectivity index (χ1v) is 17.6. The summed E-state index contributed by atoms with van der Waals surface area (Å²) in [5.74, 6) is -0.369. The lowest BCUT2D eigenvalue weighted by atomic mass is 9.80. The van der Waals surface area contributed by atoms with Crippen molar-refractivity contribution >= 4 is 23.5 Å². The summed E-state index contributed by atoms with van der Waals surface area (Å²) in [6, 6.07) is 15.8. The van der Waals surface area contributed by atoms with Gasteiger partial charge in [-0.15, -0.1) is 0 Å². The van der Waals surface area contributed by atoms with Gasteiger partial charge in [0, 0.05) is 23.6 Å². The summed E-state index contributed by atoms with van der Waals surface area (Å²) in [6.45, 7) is 5.79. The topological polar surface area (TPSA) is 194 Å². The van der Waals surface area contributed by atoms with Gasteiger partial charge in [-0.2, -0.15) is 0 Å². The van der Waals surface area contributed by atoms with Gasteiger partial charge in [0.15, 0.2) is 35.5 Å². The second-order valence-corrected chi connectivity index (χ2v) is 13.0. The van der Waals surface area contributed by atoms with Crippen LogP contribution in [0.4, 0.5) is 0 Å². The van der Waals surface area contributed by atoms with Gasteiger partial charge >= 0.3 is 11.9 Å². The van der Waals surface area contributed by atoms with Crippen LogP contribution in [0, 0.1) is 11.8 Å². The molecular formula is C43H55N3O11. The molecule has 0 saturated heterocycles. The van der Waals surface area contributed by atoms with E-state index in [4.69, 9.17) is 23.7 Å². The number of nitrogens with zero attached hydrogens (tertiary/aromatic N) is 3. The van der Waals surface area contributed by atoms with Crippen LogP contribution in [0.3, 0.4) is 0 Å². The number of benzene rings is 3. The van der Waals surface area contributed by atoms with Crippen molar-refractivity contribution in [1.29, 1.82) is 0 Å². The molecule has 0 bridgehead atoms. The summed E-state index contributed by atoms with van der Waals surface area (Å²) in [4.78, 5) is 62.0. The van der Waals surface area contributed by atoms with E-state index in [-0.39, 0.29) is 116 Å². The van der Waals surface area contributed by atoms with Crippen molar-refractivity contribution in [3.05, 3.63) is 60.7 Å². The van der Waals surface area contributed by atoms with Crippen molar-refractivity contribution in [3.63, 3.8) is 0 Å². The van der Waals surface area contributed by atoms with Gasteiger partial charge < -0.3 is 33.9 Å². The molecule has 0 amide bonds. The Morgan fingerprint density at radius 2 is 1.11 bits per heavy atom. The quantitative estimate of drug-likeness (QED) is 0.0875. The van der Waals surface area contributed by atoms with Gasteiger partial charge in [-0.1, -0.05) is 22.3 Å². The minimum absolute atomic E-state index is 0. The van der Waals surface area contributed by atoms with Crippen molar-refractivity contribution in [2.45, 2.75) is 87.9 Å². The van der Waals surface area contributed by atoms with E-state index < -0.39 is 18.2 Å². The third-order valence-corrected chi connectivity index (χ3v) is 9.14. The van der Waals surface area contributed by atoms with E-state index >= 15 is 0 Å². The molecule has 3 aromatic carbocycles. The van der Waals surface area contributed by atoms with Crippen molar-refractivity contribution in [1.82, 2.24) is 15.0 Å². The minimum atomic E-state index is -1.06. The molecule has 1 aliphatic carbocycles. The summed E-state index contributed by atoms with van der Waals surface area (Å²) in [5, 5.41) is 22.1. The Bertz CT molecular complexity index is 1990. The fourth-order valence-electron chi connectivity index (χ4n) is 5.83. The number of ether oxygens (including phenoxy) is 5. The molecule has 1 fully saturated rings. The Labute approximate surface area is 334 Å². The molecule has 14 heteroatoms. The smallest absolute Gasteiger partial charge is 0.347 e. The lowest BCUT2D eigenvalue weighted by Gasteiger charge is -2.25. The van der Waals surface area contributed by atoms with Gasteiger partial charge in [0.25, 0.3) is 0 Å². The van der Waals surface area contributed by atoms with Crippen LogP contribution in [0.5, 0.6) is 28.7 Å². The molecule has 1 saturated carbocycles. The normalized spacial score (nSPS) is 15.5. The number of carbonyl (C=O) groups is 4. The Morgan fingerprint density at radius 3 is 1.58 bits per heavy atom. The van der Waals surface area contributed by atoms with E-state index in [2.05, 4.69) is 15.0 Å². The number of phenols is 2. The Balaban J connectivity index is 0.00000374. The number of aromatic nitrogens is 3. The molecule has 0 aliphatic heterocycles. The maximum absolute atomic E-state index is 12.6. The summed E-state index contributed by atoms with van der Waals surface area (Å²) in [5.41, 5.74) is 1.06. The molecule has 2 atom stereocenters. The highest BCUT2D eigenvalue weighted by molar-refractivity contribution is 5.81. The third kappa shape index (κ3) is 12.2. The fourth-order valence-corrected chi connectivity index (χ4v) is 5.83.